The maximum atomic E-state index is 13.3. The van der Waals surface area contributed by atoms with Crippen molar-refractivity contribution in [2.24, 2.45) is 0 Å². The van der Waals surface area contributed by atoms with Gasteiger partial charge in [-0.1, -0.05) is 12.1 Å². The average molecular weight is 599 g/mol. The summed E-state index contributed by atoms with van der Waals surface area (Å²) in [6.45, 7) is 4.14. The van der Waals surface area contributed by atoms with E-state index in [1.54, 1.807) is 31.4 Å². The van der Waals surface area contributed by atoms with Gasteiger partial charge in [0, 0.05) is 33.8 Å². The smallest absolute Gasteiger partial charge is 0.303 e. The number of benzene rings is 2. The van der Waals surface area contributed by atoms with Crippen molar-refractivity contribution >= 4 is 34.8 Å². The zero-order valence-electron chi connectivity index (χ0n) is 24.0. The van der Waals surface area contributed by atoms with Crippen LogP contribution in [-0.2, 0) is 42.9 Å². The predicted octanol–water partition coefficient (Wildman–Crippen LogP) is 2.93. The third kappa shape index (κ3) is 7.49. The molecule has 0 unspecified atom stereocenters. The lowest BCUT2D eigenvalue weighted by molar-refractivity contribution is -0.288. The molecular formula is C30H30O13. The molecule has 0 bridgehead atoms. The topological polar surface area (TPSA) is 163 Å². The second kappa shape index (κ2) is 13.4. The maximum absolute atomic E-state index is 13.3. The Bertz CT molecular complexity index is 1560. The van der Waals surface area contributed by atoms with Gasteiger partial charge in [-0.3, -0.25) is 24.0 Å². The quantitative estimate of drug-likeness (QED) is 0.261. The van der Waals surface area contributed by atoms with E-state index in [-0.39, 0.29) is 22.1 Å². The second-order valence-electron chi connectivity index (χ2n) is 9.55. The van der Waals surface area contributed by atoms with Crippen molar-refractivity contribution in [1.29, 1.82) is 0 Å². The van der Waals surface area contributed by atoms with Crippen LogP contribution in [0.25, 0.3) is 22.1 Å². The first kappa shape index (κ1) is 31.0. The SMILES string of the molecule is COc1ccc(-c2coc3cc(O[C@@H]4O[C@H](COC(C)=O)[C@@H](OC(C)=O)[C@H](OC(C)=O)[C@H]4OC(C)=O)ccc3c2=O)cc1. The number of rotatable bonds is 9. The van der Waals surface area contributed by atoms with Crippen molar-refractivity contribution in [3.05, 3.63) is 59.0 Å². The Morgan fingerprint density at radius 1 is 0.767 bits per heavy atom. The molecule has 4 rings (SSSR count). The Hall–Kier alpha value is -4.91. The van der Waals surface area contributed by atoms with Gasteiger partial charge in [-0.2, -0.15) is 0 Å². The van der Waals surface area contributed by atoms with Crippen molar-refractivity contribution in [2.75, 3.05) is 13.7 Å². The highest BCUT2D eigenvalue weighted by atomic mass is 16.7. The van der Waals surface area contributed by atoms with Crippen LogP contribution in [0, 0.1) is 0 Å². The zero-order chi connectivity index (χ0) is 31.3. The molecule has 43 heavy (non-hydrogen) atoms. The van der Waals surface area contributed by atoms with E-state index in [1.165, 1.54) is 31.4 Å². The molecule has 2 aromatic carbocycles. The minimum Gasteiger partial charge on any atom is -0.497 e. The molecule has 2 heterocycles. The van der Waals surface area contributed by atoms with Crippen molar-refractivity contribution in [3.8, 4) is 22.6 Å². The Balaban J connectivity index is 1.69. The number of esters is 4. The molecule has 3 aromatic rings. The Morgan fingerprint density at radius 2 is 1.37 bits per heavy atom. The van der Waals surface area contributed by atoms with Gasteiger partial charge in [0.15, 0.2) is 17.6 Å². The summed E-state index contributed by atoms with van der Waals surface area (Å²) in [5, 5.41) is 0.266. The summed E-state index contributed by atoms with van der Waals surface area (Å²) in [7, 11) is 1.54. The molecule has 13 heteroatoms. The fraction of sp³-hybridized carbons (Fsp3) is 0.367. The van der Waals surface area contributed by atoms with Crippen LogP contribution < -0.4 is 14.9 Å². The van der Waals surface area contributed by atoms with E-state index >= 15 is 0 Å². The number of methoxy groups -OCH3 is 1. The van der Waals surface area contributed by atoms with Crippen LogP contribution in [0.3, 0.4) is 0 Å². The highest BCUT2D eigenvalue weighted by Crippen LogP contribution is 2.32. The molecule has 1 saturated heterocycles. The largest absolute Gasteiger partial charge is 0.497 e. The number of hydrogen-bond acceptors (Lipinski definition) is 13. The van der Waals surface area contributed by atoms with Gasteiger partial charge < -0.3 is 37.6 Å². The van der Waals surface area contributed by atoms with Gasteiger partial charge in [0.2, 0.25) is 12.4 Å². The molecule has 1 aliphatic heterocycles. The molecule has 1 fully saturated rings. The van der Waals surface area contributed by atoms with Crippen molar-refractivity contribution in [2.45, 2.75) is 58.4 Å². The molecule has 0 aliphatic carbocycles. The van der Waals surface area contributed by atoms with Crippen LogP contribution in [0.5, 0.6) is 11.5 Å². The van der Waals surface area contributed by atoms with Crippen LogP contribution in [0.2, 0.25) is 0 Å². The van der Waals surface area contributed by atoms with Crippen LogP contribution in [0.1, 0.15) is 27.7 Å². The molecular weight excluding hydrogens is 568 g/mol. The predicted molar refractivity (Wildman–Crippen MR) is 147 cm³/mol. The van der Waals surface area contributed by atoms with E-state index in [2.05, 4.69) is 0 Å². The standard InChI is InChI=1S/C30H30O13/c1-15(31)37-14-25-27(39-16(2)32)28(40-17(3)33)29(41-18(4)34)30(43-25)42-21-10-11-22-24(12-21)38-13-23(26(22)35)19-6-8-20(36-5)9-7-19/h6-13,25,27-30H,14H2,1-5H3/t25-,27-,28+,29-,30-/m1/s1. The highest BCUT2D eigenvalue weighted by Gasteiger charge is 2.53. The van der Waals surface area contributed by atoms with Gasteiger partial charge >= 0.3 is 23.9 Å². The van der Waals surface area contributed by atoms with E-state index in [0.29, 0.717) is 16.9 Å². The third-order valence-electron chi connectivity index (χ3n) is 6.35. The molecule has 5 atom stereocenters. The van der Waals surface area contributed by atoms with E-state index < -0.39 is 61.2 Å². The first-order valence-electron chi connectivity index (χ1n) is 13.1. The third-order valence-corrected chi connectivity index (χ3v) is 6.35. The van der Waals surface area contributed by atoms with Gasteiger partial charge in [0.05, 0.1) is 18.1 Å². The molecule has 1 aromatic heterocycles. The zero-order valence-corrected chi connectivity index (χ0v) is 24.0. The molecule has 228 valence electrons. The molecule has 0 amide bonds. The summed E-state index contributed by atoms with van der Waals surface area (Å²) >= 11 is 0. The molecule has 0 radical (unpaired) electrons. The molecule has 0 N–H and O–H groups in total. The van der Waals surface area contributed by atoms with Crippen molar-refractivity contribution < 1.29 is 56.8 Å². The minimum atomic E-state index is -1.44. The van der Waals surface area contributed by atoms with Crippen molar-refractivity contribution in [1.82, 2.24) is 0 Å². The molecule has 13 nitrogen and oxygen atoms in total. The van der Waals surface area contributed by atoms with Gasteiger partial charge in [-0.05, 0) is 29.8 Å². The van der Waals surface area contributed by atoms with E-state index in [0.717, 1.165) is 20.8 Å². The lowest BCUT2D eigenvalue weighted by atomic mass is 9.98. The maximum Gasteiger partial charge on any atom is 0.303 e. The summed E-state index contributed by atoms with van der Waals surface area (Å²) in [5.74, 6) is -2.17. The van der Waals surface area contributed by atoms with Gasteiger partial charge in [0.25, 0.3) is 0 Å². The average Bonchev–Trinajstić information content (AvgIpc) is 2.94. The first-order valence-corrected chi connectivity index (χ1v) is 13.1. The first-order chi connectivity index (χ1) is 20.5. The second-order valence-corrected chi connectivity index (χ2v) is 9.55. The molecule has 1 aliphatic rings. The van der Waals surface area contributed by atoms with Gasteiger partial charge in [-0.15, -0.1) is 0 Å². The van der Waals surface area contributed by atoms with Crippen LogP contribution in [0.15, 0.2) is 57.9 Å². The number of carbonyl (C=O) groups excluding carboxylic acids is 4. The van der Waals surface area contributed by atoms with Crippen LogP contribution >= 0.6 is 0 Å². The molecule has 0 spiro atoms. The molecule has 0 saturated carbocycles. The van der Waals surface area contributed by atoms with Crippen molar-refractivity contribution in [3.63, 3.8) is 0 Å². The number of carbonyl (C=O) groups is 4. The number of ether oxygens (including phenoxy) is 7. The van der Waals surface area contributed by atoms with Crippen LogP contribution in [-0.4, -0.2) is 68.3 Å². The Morgan fingerprint density at radius 3 is 1.98 bits per heavy atom. The summed E-state index contributed by atoms with van der Waals surface area (Å²) in [6.07, 6.45) is -5.43. The highest BCUT2D eigenvalue weighted by molar-refractivity contribution is 5.82. The minimum absolute atomic E-state index is 0.133. The van der Waals surface area contributed by atoms with E-state index in [9.17, 15) is 24.0 Å². The summed E-state index contributed by atoms with van der Waals surface area (Å²) in [5.41, 5.74) is 0.869. The van der Waals surface area contributed by atoms with Gasteiger partial charge in [-0.25, -0.2) is 0 Å². The lowest BCUT2D eigenvalue weighted by Gasteiger charge is -2.43. The van der Waals surface area contributed by atoms with E-state index in [4.69, 9.17) is 37.6 Å². The summed E-state index contributed by atoms with van der Waals surface area (Å²) in [6, 6.07) is 11.3. The number of fused-ring (bicyclic) bond motifs is 1. The monoisotopic (exact) mass is 598 g/mol. The Labute approximate surface area is 245 Å². The fourth-order valence-electron chi connectivity index (χ4n) is 4.57. The number of hydrogen-bond donors (Lipinski definition) is 0. The van der Waals surface area contributed by atoms with E-state index in [1.807, 2.05) is 0 Å². The summed E-state index contributed by atoms with van der Waals surface area (Å²) < 4.78 is 44.2. The fourth-order valence-corrected chi connectivity index (χ4v) is 4.57. The van der Waals surface area contributed by atoms with Crippen LogP contribution in [0.4, 0.5) is 0 Å². The lowest BCUT2D eigenvalue weighted by Crippen LogP contribution is -2.63. The Kier molecular flexibility index (Phi) is 9.66. The summed E-state index contributed by atoms with van der Waals surface area (Å²) in [4.78, 5) is 60.8. The normalized spacial score (nSPS) is 21.4. The van der Waals surface area contributed by atoms with Gasteiger partial charge in [0.1, 0.15) is 36.1 Å².